The molecule has 0 saturated carbocycles. The molecule has 3 N–H and O–H groups in total. The van der Waals surface area contributed by atoms with E-state index < -0.39 is 0 Å². The quantitative estimate of drug-likeness (QED) is 0.326. The molecule has 0 unspecified atom stereocenters. The van der Waals surface area contributed by atoms with Crippen molar-refractivity contribution in [2.75, 3.05) is 7.11 Å². The second-order valence-corrected chi connectivity index (χ2v) is 2.79. The van der Waals surface area contributed by atoms with Crippen LogP contribution in [0, 0.1) is 11.5 Å². The molecule has 0 saturated heterocycles. The molecule has 0 atom stereocenters. The van der Waals surface area contributed by atoms with Crippen LogP contribution in [0.1, 0.15) is 5.56 Å². The van der Waals surface area contributed by atoms with Gasteiger partial charge in [0.15, 0.2) is 6.19 Å². The third-order valence-corrected chi connectivity index (χ3v) is 1.75. The molecule has 5 nitrogen and oxygen atoms in total. The number of benzene rings is 1. The summed E-state index contributed by atoms with van der Waals surface area (Å²) in [5, 5.41) is 10.5. The summed E-state index contributed by atoms with van der Waals surface area (Å²) in [5.74, 6) is 0.884. The molecule has 0 aliphatic carbocycles. The molecule has 0 aromatic heterocycles. The second kappa shape index (κ2) is 5.50. The Bertz CT molecular complexity index is 395. The average molecular weight is 204 g/mol. The highest BCUT2D eigenvalue weighted by molar-refractivity contribution is 5.79. The first-order valence-corrected chi connectivity index (χ1v) is 4.34. The second-order valence-electron chi connectivity index (χ2n) is 2.79. The number of rotatable bonds is 3. The summed E-state index contributed by atoms with van der Waals surface area (Å²) < 4.78 is 5.06. The van der Waals surface area contributed by atoms with E-state index in [0.29, 0.717) is 6.54 Å². The standard InChI is InChI=1S/C10H12N4O/c1-15-9-4-2-3-8(5-9)6-13-10(12)14-7-11/h2-5H,6H2,1H3,(H3,12,13,14). The highest BCUT2D eigenvalue weighted by Crippen LogP contribution is 2.12. The zero-order chi connectivity index (χ0) is 11.1. The van der Waals surface area contributed by atoms with Crippen molar-refractivity contribution in [2.45, 2.75) is 6.54 Å². The first-order chi connectivity index (χ1) is 7.26. The highest BCUT2D eigenvalue weighted by atomic mass is 16.5. The number of aliphatic imine (C=N–C) groups is 1. The van der Waals surface area contributed by atoms with Crippen molar-refractivity contribution in [2.24, 2.45) is 10.7 Å². The van der Waals surface area contributed by atoms with Crippen LogP contribution in [0.3, 0.4) is 0 Å². The van der Waals surface area contributed by atoms with Gasteiger partial charge in [-0.05, 0) is 17.7 Å². The molecule has 15 heavy (non-hydrogen) atoms. The molecule has 1 aromatic rings. The molecule has 0 spiro atoms. The minimum absolute atomic E-state index is 0.111. The molecule has 0 aliphatic heterocycles. The van der Waals surface area contributed by atoms with Crippen LogP contribution in [0.25, 0.3) is 0 Å². The Morgan fingerprint density at radius 3 is 3.13 bits per heavy atom. The summed E-state index contributed by atoms with van der Waals surface area (Å²) in [5.41, 5.74) is 6.36. The van der Waals surface area contributed by atoms with Crippen LogP contribution in [-0.2, 0) is 6.54 Å². The maximum absolute atomic E-state index is 8.27. The van der Waals surface area contributed by atoms with Gasteiger partial charge < -0.3 is 10.5 Å². The SMILES string of the molecule is COc1cccc(CN=C(N)NC#N)c1. The zero-order valence-corrected chi connectivity index (χ0v) is 8.40. The topological polar surface area (TPSA) is 83.4 Å². The van der Waals surface area contributed by atoms with E-state index in [2.05, 4.69) is 10.3 Å². The lowest BCUT2D eigenvalue weighted by atomic mass is 10.2. The molecule has 5 heteroatoms. The van der Waals surface area contributed by atoms with Gasteiger partial charge in [-0.3, -0.25) is 5.32 Å². The lowest BCUT2D eigenvalue weighted by molar-refractivity contribution is 0.414. The van der Waals surface area contributed by atoms with Crippen LogP contribution in [0.15, 0.2) is 29.3 Å². The summed E-state index contributed by atoms with van der Waals surface area (Å²) in [7, 11) is 1.61. The Hall–Kier alpha value is -2.22. The van der Waals surface area contributed by atoms with Gasteiger partial charge in [0.25, 0.3) is 0 Å². The largest absolute Gasteiger partial charge is 0.497 e. The summed E-state index contributed by atoms with van der Waals surface area (Å²) in [6.07, 6.45) is 1.70. The number of guanidine groups is 1. The maximum atomic E-state index is 8.27. The van der Waals surface area contributed by atoms with E-state index in [4.69, 9.17) is 15.7 Å². The number of methoxy groups -OCH3 is 1. The van der Waals surface area contributed by atoms with Gasteiger partial charge in [0, 0.05) is 0 Å². The normalized spacial score (nSPS) is 10.5. The third kappa shape index (κ3) is 3.56. The summed E-state index contributed by atoms with van der Waals surface area (Å²) >= 11 is 0. The Labute approximate surface area is 88.2 Å². The van der Waals surface area contributed by atoms with Crippen molar-refractivity contribution >= 4 is 5.96 Å². The minimum atomic E-state index is 0.111. The van der Waals surface area contributed by atoms with Gasteiger partial charge in [-0.15, -0.1) is 0 Å². The average Bonchev–Trinajstić information content (AvgIpc) is 2.27. The molecule has 0 bridgehead atoms. The van der Waals surface area contributed by atoms with Crippen LogP contribution < -0.4 is 15.8 Å². The Morgan fingerprint density at radius 2 is 2.47 bits per heavy atom. The van der Waals surface area contributed by atoms with Crippen LogP contribution in [-0.4, -0.2) is 13.1 Å². The van der Waals surface area contributed by atoms with Crippen LogP contribution in [0.2, 0.25) is 0 Å². The number of nitrogens with zero attached hydrogens (tertiary/aromatic N) is 2. The number of hydrogen-bond donors (Lipinski definition) is 2. The van der Waals surface area contributed by atoms with E-state index in [1.54, 1.807) is 13.3 Å². The van der Waals surface area contributed by atoms with Crippen LogP contribution >= 0.6 is 0 Å². The molecular formula is C10H12N4O. The van der Waals surface area contributed by atoms with Crippen molar-refractivity contribution in [3.63, 3.8) is 0 Å². The number of hydrogen-bond acceptors (Lipinski definition) is 3. The van der Waals surface area contributed by atoms with E-state index >= 15 is 0 Å². The lowest BCUT2D eigenvalue weighted by Gasteiger charge is -2.02. The van der Waals surface area contributed by atoms with E-state index in [1.165, 1.54) is 0 Å². The molecule has 0 heterocycles. The molecule has 78 valence electrons. The Balaban J connectivity index is 2.65. The van der Waals surface area contributed by atoms with Gasteiger partial charge in [0.2, 0.25) is 5.96 Å². The molecule has 1 rings (SSSR count). The molecule has 0 radical (unpaired) electrons. The number of nitrogens with two attached hydrogens (primary N) is 1. The van der Waals surface area contributed by atoms with Crippen LogP contribution in [0.4, 0.5) is 0 Å². The van der Waals surface area contributed by atoms with Gasteiger partial charge >= 0.3 is 0 Å². The zero-order valence-electron chi connectivity index (χ0n) is 8.40. The molecular weight excluding hydrogens is 192 g/mol. The molecule has 1 aromatic carbocycles. The predicted octanol–water partition coefficient (Wildman–Crippen LogP) is 0.581. The van der Waals surface area contributed by atoms with Gasteiger partial charge in [-0.2, -0.15) is 5.26 Å². The first-order valence-electron chi connectivity index (χ1n) is 4.34. The predicted molar refractivity (Wildman–Crippen MR) is 57.1 cm³/mol. The fourth-order valence-corrected chi connectivity index (χ4v) is 1.04. The minimum Gasteiger partial charge on any atom is -0.497 e. The third-order valence-electron chi connectivity index (χ3n) is 1.75. The highest BCUT2D eigenvalue weighted by Gasteiger charge is 1.95. The van der Waals surface area contributed by atoms with E-state index in [0.717, 1.165) is 11.3 Å². The van der Waals surface area contributed by atoms with E-state index in [9.17, 15) is 0 Å². The summed E-state index contributed by atoms with van der Waals surface area (Å²) in [6.45, 7) is 0.414. The number of nitrogens with one attached hydrogen (secondary N) is 1. The van der Waals surface area contributed by atoms with Crippen molar-refractivity contribution in [3.8, 4) is 11.9 Å². The van der Waals surface area contributed by atoms with Gasteiger partial charge in [0.05, 0.1) is 13.7 Å². The fraction of sp³-hybridized carbons (Fsp3) is 0.200. The fourth-order valence-electron chi connectivity index (χ4n) is 1.04. The van der Waals surface area contributed by atoms with Crippen molar-refractivity contribution in [1.82, 2.24) is 5.32 Å². The Morgan fingerprint density at radius 1 is 1.67 bits per heavy atom. The van der Waals surface area contributed by atoms with Gasteiger partial charge in [-0.25, -0.2) is 4.99 Å². The number of ether oxygens (including phenoxy) is 1. The summed E-state index contributed by atoms with van der Waals surface area (Å²) in [6, 6.07) is 7.50. The van der Waals surface area contributed by atoms with Gasteiger partial charge in [0.1, 0.15) is 5.75 Å². The first kappa shape index (κ1) is 10.9. The lowest BCUT2D eigenvalue weighted by Crippen LogP contribution is -2.27. The monoisotopic (exact) mass is 204 g/mol. The van der Waals surface area contributed by atoms with Crippen molar-refractivity contribution in [1.29, 1.82) is 5.26 Å². The Kier molecular flexibility index (Phi) is 3.98. The maximum Gasteiger partial charge on any atom is 0.202 e. The molecule has 0 amide bonds. The smallest absolute Gasteiger partial charge is 0.202 e. The van der Waals surface area contributed by atoms with E-state index in [1.807, 2.05) is 24.3 Å². The number of nitriles is 1. The molecule has 0 aliphatic rings. The van der Waals surface area contributed by atoms with Crippen LogP contribution in [0.5, 0.6) is 5.75 Å². The van der Waals surface area contributed by atoms with Crippen molar-refractivity contribution in [3.05, 3.63) is 29.8 Å². The van der Waals surface area contributed by atoms with E-state index in [-0.39, 0.29) is 5.96 Å². The molecule has 0 fully saturated rings. The van der Waals surface area contributed by atoms with Gasteiger partial charge in [-0.1, -0.05) is 12.1 Å². The summed E-state index contributed by atoms with van der Waals surface area (Å²) in [4.78, 5) is 3.96. The van der Waals surface area contributed by atoms with Crippen molar-refractivity contribution < 1.29 is 4.74 Å².